The van der Waals surface area contributed by atoms with Crippen LogP contribution in [-0.2, 0) is 6.18 Å². The Bertz CT molecular complexity index is 862. The van der Waals surface area contributed by atoms with Crippen LogP contribution < -0.4 is 0 Å². The van der Waals surface area contributed by atoms with Crippen molar-refractivity contribution in [3.63, 3.8) is 0 Å². The van der Waals surface area contributed by atoms with E-state index >= 15 is 0 Å². The summed E-state index contributed by atoms with van der Waals surface area (Å²) < 4.78 is 41.2. The second-order valence-corrected chi connectivity index (χ2v) is 5.10. The first-order valence-electron chi connectivity index (χ1n) is 6.65. The maximum Gasteiger partial charge on any atom is 0.417 e. The predicted molar refractivity (Wildman–Crippen MR) is 78.0 cm³/mol. The van der Waals surface area contributed by atoms with Gasteiger partial charge in [-0.05, 0) is 42.3 Å². The van der Waals surface area contributed by atoms with Gasteiger partial charge in [-0.1, -0.05) is 18.2 Å². The lowest BCUT2D eigenvalue weighted by atomic mass is 9.99. The summed E-state index contributed by atoms with van der Waals surface area (Å²) in [5, 5.41) is 0. The molecule has 2 heterocycles. The number of aromatic nitrogens is 1. The molecule has 2 aromatic heterocycles. The zero-order valence-electron chi connectivity index (χ0n) is 11.7. The predicted octanol–water partition coefficient (Wildman–Crippen LogP) is 4.75. The number of carbonyl (C=O) groups excluding carboxylic acids is 1. The average molecular weight is 303 g/mol. The molecule has 0 saturated carbocycles. The molecule has 0 radical (unpaired) electrons. The third-order valence-electron chi connectivity index (χ3n) is 3.60. The summed E-state index contributed by atoms with van der Waals surface area (Å²) in [7, 11) is 0. The van der Waals surface area contributed by atoms with Gasteiger partial charge in [-0.3, -0.25) is 4.79 Å². The van der Waals surface area contributed by atoms with E-state index in [1.54, 1.807) is 22.7 Å². The molecule has 3 rings (SSSR count). The topological polar surface area (TPSA) is 21.5 Å². The lowest BCUT2D eigenvalue weighted by molar-refractivity contribution is -0.137. The van der Waals surface area contributed by atoms with Gasteiger partial charge < -0.3 is 4.40 Å². The molecule has 0 saturated heterocycles. The monoisotopic (exact) mass is 303 g/mol. The van der Waals surface area contributed by atoms with Crippen molar-refractivity contribution in [3.05, 3.63) is 65.5 Å². The van der Waals surface area contributed by atoms with Gasteiger partial charge in [0.2, 0.25) is 0 Å². The van der Waals surface area contributed by atoms with Crippen molar-refractivity contribution >= 4 is 11.8 Å². The molecule has 0 aliphatic heterocycles. The Labute approximate surface area is 124 Å². The van der Waals surface area contributed by atoms with Crippen LogP contribution in [0.25, 0.3) is 16.6 Å². The van der Waals surface area contributed by atoms with Crippen LogP contribution in [-0.4, -0.2) is 10.7 Å². The Kier molecular flexibility index (Phi) is 3.28. The number of benzene rings is 1. The van der Waals surface area contributed by atoms with Crippen LogP contribution >= 0.6 is 0 Å². The van der Waals surface area contributed by atoms with Gasteiger partial charge in [-0.2, -0.15) is 13.2 Å². The Morgan fingerprint density at radius 3 is 2.45 bits per heavy atom. The third kappa shape index (κ3) is 2.28. The first kappa shape index (κ1) is 14.4. The van der Waals surface area contributed by atoms with Crippen LogP contribution in [0.1, 0.15) is 21.6 Å². The van der Waals surface area contributed by atoms with Gasteiger partial charge in [0, 0.05) is 17.3 Å². The Balaban J connectivity index is 2.34. The summed E-state index contributed by atoms with van der Waals surface area (Å²) in [6.07, 6.45) is -2.19. The van der Waals surface area contributed by atoms with Crippen molar-refractivity contribution in [2.75, 3.05) is 0 Å². The summed E-state index contributed by atoms with van der Waals surface area (Å²) in [6, 6.07) is 10.5. The highest BCUT2D eigenvalue weighted by Gasteiger charge is 2.34. The Hall–Kier alpha value is -2.56. The van der Waals surface area contributed by atoms with Crippen molar-refractivity contribution in [2.24, 2.45) is 0 Å². The van der Waals surface area contributed by atoms with Crippen LogP contribution in [0.4, 0.5) is 13.2 Å². The summed E-state index contributed by atoms with van der Waals surface area (Å²) >= 11 is 0. The summed E-state index contributed by atoms with van der Waals surface area (Å²) in [4.78, 5) is 11.4. The molecule has 0 spiro atoms. The standard InChI is InChI=1S/C17H12F3NO/c1-11-6-7-21-12(8-11)9-14(16(21)10-22)13-4-2-3-5-15(13)17(18,19)20/h2-10H,1H3. The van der Waals surface area contributed by atoms with Crippen LogP contribution in [0.3, 0.4) is 0 Å². The molecular formula is C17H12F3NO. The summed E-state index contributed by atoms with van der Waals surface area (Å²) in [6.45, 7) is 1.89. The number of aryl methyl sites for hydroxylation is 1. The molecule has 0 aliphatic carbocycles. The molecule has 0 aliphatic rings. The lowest BCUT2D eigenvalue weighted by Gasteiger charge is -2.12. The number of pyridine rings is 1. The molecule has 22 heavy (non-hydrogen) atoms. The molecule has 0 fully saturated rings. The summed E-state index contributed by atoms with van der Waals surface area (Å²) in [5.41, 5.74) is 1.43. The second kappa shape index (κ2) is 5.02. The fourth-order valence-electron chi connectivity index (χ4n) is 2.61. The summed E-state index contributed by atoms with van der Waals surface area (Å²) in [5.74, 6) is 0. The zero-order chi connectivity index (χ0) is 15.9. The minimum Gasteiger partial charge on any atom is -0.314 e. The van der Waals surface area contributed by atoms with Gasteiger partial charge in [0.15, 0.2) is 6.29 Å². The number of nitrogens with zero attached hydrogens (tertiary/aromatic N) is 1. The minimum absolute atomic E-state index is 0.0125. The van der Waals surface area contributed by atoms with Gasteiger partial charge >= 0.3 is 6.18 Å². The molecule has 0 atom stereocenters. The van der Waals surface area contributed by atoms with Crippen LogP contribution in [0.15, 0.2) is 48.7 Å². The van der Waals surface area contributed by atoms with E-state index in [9.17, 15) is 18.0 Å². The molecule has 0 unspecified atom stereocenters. The van der Waals surface area contributed by atoms with Gasteiger partial charge in [-0.15, -0.1) is 0 Å². The van der Waals surface area contributed by atoms with Crippen molar-refractivity contribution in [3.8, 4) is 11.1 Å². The Morgan fingerprint density at radius 2 is 1.77 bits per heavy atom. The fraction of sp³-hybridized carbons (Fsp3) is 0.118. The quantitative estimate of drug-likeness (QED) is 0.626. The van der Waals surface area contributed by atoms with E-state index in [-0.39, 0.29) is 16.8 Å². The number of rotatable bonds is 2. The van der Waals surface area contributed by atoms with Crippen molar-refractivity contribution in [1.29, 1.82) is 0 Å². The number of hydrogen-bond acceptors (Lipinski definition) is 1. The maximum atomic E-state index is 13.2. The molecular weight excluding hydrogens is 291 g/mol. The molecule has 0 amide bonds. The Morgan fingerprint density at radius 1 is 1.05 bits per heavy atom. The molecule has 112 valence electrons. The van der Waals surface area contributed by atoms with Crippen molar-refractivity contribution in [2.45, 2.75) is 13.1 Å². The smallest absolute Gasteiger partial charge is 0.314 e. The van der Waals surface area contributed by atoms with E-state index < -0.39 is 11.7 Å². The SMILES string of the molecule is Cc1ccn2c(C=O)c(-c3ccccc3C(F)(F)F)cc2c1. The van der Waals surface area contributed by atoms with E-state index in [1.807, 2.05) is 13.0 Å². The molecule has 0 bridgehead atoms. The van der Waals surface area contributed by atoms with Gasteiger partial charge in [0.25, 0.3) is 0 Å². The highest BCUT2D eigenvalue weighted by atomic mass is 19.4. The molecule has 5 heteroatoms. The molecule has 2 nitrogen and oxygen atoms in total. The first-order valence-corrected chi connectivity index (χ1v) is 6.65. The molecule has 0 N–H and O–H groups in total. The lowest BCUT2D eigenvalue weighted by Crippen LogP contribution is -2.07. The van der Waals surface area contributed by atoms with E-state index in [2.05, 4.69) is 0 Å². The third-order valence-corrected chi connectivity index (χ3v) is 3.60. The number of fused-ring (bicyclic) bond motifs is 1. The van der Waals surface area contributed by atoms with E-state index in [1.165, 1.54) is 18.2 Å². The average Bonchev–Trinajstić information content (AvgIpc) is 2.83. The van der Waals surface area contributed by atoms with Gasteiger partial charge in [0.05, 0.1) is 11.3 Å². The number of carbonyl (C=O) groups is 1. The zero-order valence-corrected chi connectivity index (χ0v) is 11.7. The minimum atomic E-state index is -4.47. The fourth-order valence-corrected chi connectivity index (χ4v) is 2.61. The highest BCUT2D eigenvalue weighted by Crippen LogP contribution is 2.38. The number of hydrogen-bond donors (Lipinski definition) is 0. The number of halogens is 3. The number of aldehydes is 1. The normalized spacial score (nSPS) is 11.8. The van der Waals surface area contributed by atoms with Crippen LogP contribution in [0.2, 0.25) is 0 Å². The van der Waals surface area contributed by atoms with E-state index in [0.29, 0.717) is 11.8 Å². The van der Waals surface area contributed by atoms with E-state index in [0.717, 1.165) is 11.6 Å². The van der Waals surface area contributed by atoms with Crippen molar-refractivity contribution in [1.82, 2.24) is 4.40 Å². The number of alkyl halides is 3. The van der Waals surface area contributed by atoms with Crippen molar-refractivity contribution < 1.29 is 18.0 Å². The second-order valence-electron chi connectivity index (χ2n) is 5.10. The van der Waals surface area contributed by atoms with Crippen LogP contribution in [0, 0.1) is 6.92 Å². The highest BCUT2D eigenvalue weighted by molar-refractivity contribution is 5.90. The maximum absolute atomic E-state index is 13.2. The van der Waals surface area contributed by atoms with Gasteiger partial charge in [0.1, 0.15) is 0 Å². The van der Waals surface area contributed by atoms with Gasteiger partial charge in [-0.25, -0.2) is 0 Å². The van der Waals surface area contributed by atoms with Crippen LogP contribution in [0.5, 0.6) is 0 Å². The largest absolute Gasteiger partial charge is 0.417 e. The van der Waals surface area contributed by atoms with E-state index in [4.69, 9.17) is 0 Å². The molecule has 1 aromatic carbocycles. The molecule has 3 aromatic rings. The first-order chi connectivity index (χ1) is 10.4.